The van der Waals surface area contributed by atoms with Gasteiger partial charge in [0.25, 0.3) is 0 Å². The predicted octanol–water partition coefficient (Wildman–Crippen LogP) is 2.34. The first-order chi connectivity index (χ1) is 8.83. The van der Waals surface area contributed by atoms with Gasteiger partial charge in [0.15, 0.2) is 0 Å². The van der Waals surface area contributed by atoms with Gasteiger partial charge < -0.3 is 9.84 Å². The van der Waals surface area contributed by atoms with Gasteiger partial charge in [-0.2, -0.15) is 4.98 Å². The molecule has 0 saturated carbocycles. The number of halogens is 1. The molecule has 2 heterocycles. The lowest BCUT2D eigenvalue weighted by Crippen LogP contribution is -2.26. The van der Waals surface area contributed by atoms with E-state index in [-0.39, 0.29) is 5.82 Å². The third-order valence-corrected chi connectivity index (χ3v) is 3.23. The zero-order valence-electron chi connectivity index (χ0n) is 9.90. The summed E-state index contributed by atoms with van der Waals surface area (Å²) in [5, 5.41) is 7.26. The Morgan fingerprint density at radius 2 is 1.89 bits per heavy atom. The van der Waals surface area contributed by atoms with E-state index >= 15 is 0 Å². The van der Waals surface area contributed by atoms with Crippen LogP contribution in [-0.4, -0.2) is 23.2 Å². The molecule has 94 valence electrons. The molecule has 4 nitrogen and oxygen atoms in total. The molecule has 1 N–H and O–H groups in total. The van der Waals surface area contributed by atoms with E-state index < -0.39 is 0 Å². The molecule has 1 aromatic heterocycles. The molecule has 1 aromatic carbocycles. The molecule has 0 amide bonds. The normalized spacial score (nSPS) is 16.9. The van der Waals surface area contributed by atoms with E-state index in [1.54, 1.807) is 12.1 Å². The summed E-state index contributed by atoms with van der Waals surface area (Å²) in [6, 6.07) is 6.12. The summed E-state index contributed by atoms with van der Waals surface area (Å²) in [6.07, 6.45) is 2.04. The molecule has 18 heavy (non-hydrogen) atoms. The Balaban J connectivity index is 1.82. The van der Waals surface area contributed by atoms with Crippen LogP contribution in [0.25, 0.3) is 11.4 Å². The Labute approximate surface area is 104 Å². The number of nitrogens with zero attached hydrogens (tertiary/aromatic N) is 2. The number of nitrogens with one attached hydrogen (secondary N) is 1. The summed E-state index contributed by atoms with van der Waals surface area (Å²) in [6.45, 7) is 1.97. The van der Waals surface area contributed by atoms with Crippen molar-refractivity contribution < 1.29 is 8.91 Å². The maximum Gasteiger partial charge on any atom is 0.230 e. The van der Waals surface area contributed by atoms with Crippen molar-refractivity contribution >= 4 is 0 Å². The van der Waals surface area contributed by atoms with Crippen LogP contribution in [0.15, 0.2) is 28.8 Å². The Morgan fingerprint density at radius 3 is 2.61 bits per heavy atom. The average Bonchev–Trinajstić information content (AvgIpc) is 2.90. The van der Waals surface area contributed by atoms with E-state index in [2.05, 4.69) is 15.5 Å². The molecule has 2 aromatic rings. The topological polar surface area (TPSA) is 51.0 Å². The number of hydrogen-bond donors (Lipinski definition) is 1. The van der Waals surface area contributed by atoms with Gasteiger partial charge in [-0.05, 0) is 50.2 Å². The van der Waals surface area contributed by atoms with E-state index in [1.807, 2.05) is 0 Å². The lowest BCUT2D eigenvalue weighted by Gasteiger charge is -2.18. The third kappa shape index (κ3) is 2.26. The molecule has 0 atom stereocenters. The van der Waals surface area contributed by atoms with Gasteiger partial charge in [-0.3, -0.25) is 0 Å². The second kappa shape index (κ2) is 4.86. The first kappa shape index (κ1) is 11.3. The average molecular weight is 247 g/mol. The molecule has 1 aliphatic heterocycles. The molecule has 1 aliphatic rings. The summed E-state index contributed by atoms with van der Waals surface area (Å²) < 4.78 is 18.1. The lowest BCUT2D eigenvalue weighted by molar-refractivity contribution is 0.320. The quantitative estimate of drug-likeness (QED) is 0.885. The van der Waals surface area contributed by atoms with E-state index in [9.17, 15) is 4.39 Å². The smallest absolute Gasteiger partial charge is 0.230 e. The van der Waals surface area contributed by atoms with Crippen LogP contribution in [0.4, 0.5) is 4.39 Å². The Morgan fingerprint density at radius 1 is 1.17 bits per heavy atom. The highest BCUT2D eigenvalue weighted by Crippen LogP contribution is 2.25. The summed E-state index contributed by atoms with van der Waals surface area (Å²) in [7, 11) is 0. The highest BCUT2D eigenvalue weighted by molar-refractivity contribution is 5.53. The number of aromatic nitrogens is 2. The fourth-order valence-electron chi connectivity index (χ4n) is 2.19. The minimum Gasteiger partial charge on any atom is -0.339 e. The van der Waals surface area contributed by atoms with Crippen molar-refractivity contribution in [2.45, 2.75) is 18.8 Å². The van der Waals surface area contributed by atoms with E-state index in [0.717, 1.165) is 31.5 Å². The summed E-state index contributed by atoms with van der Waals surface area (Å²) in [5.74, 6) is 1.30. The van der Waals surface area contributed by atoms with Gasteiger partial charge in [0.05, 0.1) is 0 Å². The third-order valence-electron chi connectivity index (χ3n) is 3.23. The highest BCUT2D eigenvalue weighted by atomic mass is 19.1. The van der Waals surface area contributed by atoms with Crippen LogP contribution in [0, 0.1) is 5.82 Å². The molecule has 0 spiro atoms. The van der Waals surface area contributed by atoms with Crippen LogP contribution in [0.1, 0.15) is 24.7 Å². The van der Waals surface area contributed by atoms with Crippen molar-refractivity contribution in [2.24, 2.45) is 0 Å². The largest absolute Gasteiger partial charge is 0.339 e. The molecule has 0 bridgehead atoms. The number of hydrogen-bond acceptors (Lipinski definition) is 4. The van der Waals surface area contributed by atoms with Crippen LogP contribution in [0.3, 0.4) is 0 Å². The van der Waals surface area contributed by atoms with Crippen molar-refractivity contribution in [2.75, 3.05) is 13.1 Å². The molecule has 1 saturated heterocycles. The highest BCUT2D eigenvalue weighted by Gasteiger charge is 2.21. The van der Waals surface area contributed by atoms with Gasteiger partial charge >= 0.3 is 0 Å². The Hall–Kier alpha value is -1.75. The minimum absolute atomic E-state index is 0.263. The Bertz CT molecular complexity index is 517. The van der Waals surface area contributed by atoms with Crippen molar-refractivity contribution in [3.8, 4) is 11.4 Å². The van der Waals surface area contributed by atoms with E-state index in [1.165, 1.54) is 12.1 Å². The van der Waals surface area contributed by atoms with Gasteiger partial charge in [0.2, 0.25) is 11.7 Å². The SMILES string of the molecule is Fc1ccc(-c2noc(C3CCNCC3)n2)cc1. The van der Waals surface area contributed by atoms with Gasteiger partial charge in [-0.15, -0.1) is 0 Å². The zero-order valence-corrected chi connectivity index (χ0v) is 9.90. The fraction of sp³-hybridized carbons (Fsp3) is 0.385. The fourth-order valence-corrected chi connectivity index (χ4v) is 2.19. The summed E-state index contributed by atoms with van der Waals surface area (Å²) in [4.78, 5) is 4.41. The number of rotatable bonds is 2. The van der Waals surface area contributed by atoms with Crippen LogP contribution in [0.5, 0.6) is 0 Å². The van der Waals surface area contributed by atoms with Gasteiger partial charge in [0, 0.05) is 11.5 Å². The molecule has 0 aliphatic carbocycles. The van der Waals surface area contributed by atoms with Crippen molar-refractivity contribution in [3.63, 3.8) is 0 Å². The molecular formula is C13H14FN3O. The molecule has 5 heteroatoms. The van der Waals surface area contributed by atoms with E-state index in [4.69, 9.17) is 4.52 Å². The summed E-state index contributed by atoms with van der Waals surface area (Å²) in [5.41, 5.74) is 0.778. The van der Waals surface area contributed by atoms with Crippen molar-refractivity contribution in [1.82, 2.24) is 15.5 Å². The monoisotopic (exact) mass is 247 g/mol. The molecular weight excluding hydrogens is 233 g/mol. The van der Waals surface area contributed by atoms with E-state index in [0.29, 0.717) is 17.6 Å². The molecule has 3 rings (SSSR count). The second-order valence-corrected chi connectivity index (χ2v) is 4.49. The predicted molar refractivity (Wildman–Crippen MR) is 64.5 cm³/mol. The van der Waals surface area contributed by atoms with Crippen LogP contribution < -0.4 is 5.32 Å². The van der Waals surface area contributed by atoms with Gasteiger partial charge in [-0.25, -0.2) is 4.39 Å². The molecule has 1 fully saturated rings. The van der Waals surface area contributed by atoms with Crippen molar-refractivity contribution in [3.05, 3.63) is 36.0 Å². The summed E-state index contributed by atoms with van der Waals surface area (Å²) >= 11 is 0. The number of piperidine rings is 1. The second-order valence-electron chi connectivity index (χ2n) is 4.49. The van der Waals surface area contributed by atoms with Crippen LogP contribution >= 0.6 is 0 Å². The first-order valence-electron chi connectivity index (χ1n) is 6.13. The lowest BCUT2D eigenvalue weighted by atomic mass is 9.98. The standard InChI is InChI=1S/C13H14FN3O/c14-11-3-1-9(2-4-11)12-16-13(18-17-12)10-5-7-15-8-6-10/h1-4,10,15H,5-8H2. The first-order valence-corrected chi connectivity index (χ1v) is 6.13. The van der Waals surface area contributed by atoms with Crippen molar-refractivity contribution in [1.29, 1.82) is 0 Å². The van der Waals surface area contributed by atoms with Gasteiger partial charge in [-0.1, -0.05) is 5.16 Å². The van der Waals surface area contributed by atoms with Gasteiger partial charge in [0.1, 0.15) is 5.82 Å². The maximum absolute atomic E-state index is 12.8. The Kier molecular flexibility index (Phi) is 3.06. The molecule has 0 unspecified atom stereocenters. The zero-order chi connectivity index (χ0) is 12.4. The number of benzene rings is 1. The van der Waals surface area contributed by atoms with Crippen LogP contribution in [-0.2, 0) is 0 Å². The molecule has 0 radical (unpaired) electrons. The maximum atomic E-state index is 12.8. The van der Waals surface area contributed by atoms with Crippen LogP contribution in [0.2, 0.25) is 0 Å². The minimum atomic E-state index is -0.263.